The van der Waals surface area contributed by atoms with Crippen LogP contribution in [0.15, 0.2) is 0 Å². The van der Waals surface area contributed by atoms with E-state index >= 15 is 0 Å². The zero-order valence-corrected chi connectivity index (χ0v) is 14.3. The van der Waals surface area contributed by atoms with Gasteiger partial charge < -0.3 is 10.1 Å². The second-order valence-electron chi connectivity index (χ2n) is 7.13. The fourth-order valence-corrected chi connectivity index (χ4v) is 3.46. The smallest absolute Gasteiger partial charge is 0.122 e. The summed E-state index contributed by atoms with van der Waals surface area (Å²) in [6, 6.07) is 0. The molecule has 0 aromatic carbocycles. The molecule has 1 atom stereocenters. The minimum Gasteiger partial charge on any atom is -0.371 e. The van der Waals surface area contributed by atoms with Gasteiger partial charge in [-0.2, -0.15) is 0 Å². The van der Waals surface area contributed by atoms with E-state index in [-0.39, 0.29) is 11.6 Å². The second-order valence-corrected chi connectivity index (χ2v) is 8.24. The lowest BCUT2D eigenvalue weighted by Crippen LogP contribution is -2.35. The lowest BCUT2D eigenvalue weighted by atomic mass is 10.1. The van der Waals surface area contributed by atoms with Gasteiger partial charge in [-0.15, -0.1) is 11.3 Å². The molecule has 0 spiro atoms. The highest BCUT2D eigenvalue weighted by Crippen LogP contribution is 2.33. The van der Waals surface area contributed by atoms with Gasteiger partial charge in [-0.3, -0.25) is 0 Å². The molecule has 1 aromatic heterocycles. The van der Waals surface area contributed by atoms with Crippen molar-refractivity contribution in [2.45, 2.75) is 72.1 Å². The molecule has 1 saturated heterocycles. The molecule has 0 aliphatic carbocycles. The van der Waals surface area contributed by atoms with Crippen LogP contribution in [-0.2, 0) is 17.7 Å². The SMILES string of the molecule is CC(C)Cc1nc(C2CCCO2)sc1CNC(C)(C)C. The standard InChI is InChI=1S/C16H28N2OS/c1-11(2)9-12-14(10-17-16(3,4)5)20-15(18-12)13-7-6-8-19-13/h11,13,17H,6-10H2,1-5H3. The van der Waals surface area contributed by atoms with Gasteiger partial charge in [0.2, 0.25) is 0 Å². The van der Waals surface area contributed by atoms with Gasteiger partial charge >= 0.3 is 0 Å². The highest BCUT2D eigenvalue weighted by Gasteiger charge is 2.24. The Kier molecular flexibility index (Phi) is 5.21. The average molecular weight is 296 g/mol. The monoisotopic (exact) mass is 296 g/mol. The van der Waals surface area contributed by atoms with Crippen molar-refractivity contribution in [1.82, 2.24) is 10.3 Å². The maximum atomic E-state index is 5.79. The van der Waals surface area contributed by atoms with Crippen molar-refractivity contribution in [3.63, 3.8) is 0 Å². The summed E-state index contributed by atoms with van der Waals surface area (Å²) < 4.78 is 5.79. The molecule has 1 aliphatic rings. The van der Waals surface area contributed by atoms with Crippen molar-refractivity contribution in [2.75, 3.05) is 6.61 Å². The molecule has 1 unspecified atom stereocenters. The number of hydrogen-bond acceptors (Lipinski definition) is 4. The van der Waals surface area contributed by atoms with Crippen LogP contribution in [0.3, 0.4) is 0 Å². The molecule has 1 N–H and O–H groups in total. The molecule has 4 heteroatoms. The van der Waals surface area contributed by atoms with Crippen molar-refractivity contribution in [3.8, 4) is 0 Å². The first-order valence-electron chi connectivity index (χ1n) is 7.70. The van der Waals surface area contributed by atoms with E-state index in [1.54, 1.807) is 0 Å². The van der Waals surface area contributed by atoms with E-state index in [1.165, 1.54) is 22.0 Å². The van der Waals surface area contributed by atoms with E-state index in [2.05, 4.69) is 39.9 Å². The summed E-state index contributed by atoms with van der Waals surface area (Å²) >= 11 is 1.84. The summed E-state index contributed by atoms with van der Waals surface area (Å²) in [5.74, 6) is 0.642. The van der Waals surface area contributed by atoms with Crippen molar-refractivity contribution >= 4 is 11.3 Å². The normalized spacial score (nSPS) is 20.0. The molecule has 20 heavy (non-hydrogen) atoms. The van der Waals surface area contributed by atoms with Crippen LogP contribution < -0.4 is 5.32 Å². The fourth-order valence-electron chi connectivity index (χ4n) is 2.34. The van der Waals surface area contributed by atoms with Crippen LogP contribution in [0.4, 0.5) is 0 Å². The third-order valence-electron chi connectivity index (χ3n) is 3.38. The van der Waals surface area contributed by atoms with Crippen molar-refractivity contribution < 1.29 is 4.74 Å². The van der Waals surface area contributed by atoms with Crippen molar-refractivity contribution in [2.24, 2.45) is 5.92 Å². The molecule has 0 radical (unpaired) electrons. The van der Waals surface area contributed by atoms with E-state index < -0.39 is 0 Å². The molecule has 3 nitrogen and oxygen atoms in total. The zero-order chi connectivity index (χ0) is 14.8. The minimum atomic E-state index is 0.142. The summed E-state index contributed by atoms with van der Waals surface area (Å²) in [6.45, 7) is 12.9. The molecule has 0 bridgehead atoms. The molecule has 1 aliphatic heterocycles. The predicted molar refractivity (Wildman–Crippen MR) is 85.2 cm³/mol. The van der Waals surface area contributed by atoms with Gasteiger partial charge in [0.25, 0.3) is 0 Å². The Morgan fingerprint density at radius 1 is 1.40 bits per heavy atom. The van der Waals surface area contributed by atoms with Gasteiger partial charge in [0, 0.05) is 23.6 Å². The van der Waals surface area contributed by atoms with Crippen molar-refractivity contribution in [3.05, 3.63) is 15.6 Å². The summed E-state index contributed by atoms with van der Waals surface area (Å²) in [7, 11) is 0. The van der Waals surface area contributed by atoms with Crippen LogP contribution in [-0.4, -0.2) is 17.1 Å². The topological polar surface area (TPSA) is 34.1 Å². The molecular weight excluding hydrogens is 268 g/mol. The number of nitrogens with one attached hydrogen (secondary N) is 1. The number of hydrogen-bond donors (Lipinski definition) is 1. The summed E-state index contributed by atoms with van der Waals surface area (Å²) in [4.78, 5) is 6.27. The molecule has 2 heterocycles. The van der Waals surface area contributed by atoms with Gasteiger partial charge in [-0.1, -0.05) is 13.8 Å². The van der Waals surface area contributed by atoms with Crippen LogP contribution in [0.25, 0.3) is 0 Å². The van der Waals surface area contributed by atoms with Crippen molar-refractivity contribution in [1.29, 1.82) is 0 Å². The Labute approximate surface area is 127 Å². The van der Waals surface area contributed by atoms with Gasteiger partial charge in [-0.05, 0) is 46.0 Å². The Hall–Kier alpha value is -0.450. The number of rotatable bonds is 5. The average Bonchev–Trinajstić information content (AvgIpc) is 2.93. The highest BCUT2D eigenvalue weighted by atomic mass is 32.1. The van der Waals surface area contributed by atoms with Gasteiger partial charge in [0.15, 0.2) is 0 Å². The van der Waals surface area contributed by atoms with Crippen LogP contribution in [0.2, 0.25) is 0 Å². The van der Waals surface area contributed by atoms with Crippen LogP contribution in [0, 0.1) is 5.92 Å². The Morgan fingerprint density at radius 2 is 2.15 bits per heavy atom. The van der Waals surface area contributed by atoms with E-state index in [4.69, 9.17) is 9.72 Å². The zero-order valence-electron chi connectivity index (χ0n) is 13.5. The Balaban J connectivity index is 2.13. The Bertz CT molecular complexity index is 428. The van der Waals surface area contributed by atoms with Crippen LogP contribution in [0.5, 0.6) is 0 Å². The predicted octanol–water partition coefficient (Wildman–Crippen LogP) is 4.08. The molecule has 0 amide bonds. The highest BCUT2D eigenvalue weighted by molar-refractivity contribution is 7.11. The summed E-state index contributed by atoms with van der Waals surface area (Å²) in [6.07, 6.45) is 3.60. The number of nitrogens with zero attached hydrogens (tertiary/aromatic N) is 1. The lowest BCUT2D eigenvalue weighted by Gasteiger charge is -2.20. The van der Waals surface area contributed by atoms with Crippen LogP contribution in [0.1, 0.15) is 69.1 Å². The molecule has 114 valence electrons. The molecule has 1 aromatic rings. The van der Waals surface area contributed by atoms with Gasteiger partial charge in [0.1, 0.15) is 11.1 Å². The molecular formula is C16H28N2OS. The third-order valence-corrected chi connectivity index (χ3v) is 4.57. The summed E-state index contributed by atoms with van der Waals surface area (Å²) in [5.41, 5.74) is 1.41. The van der Waals surface area contributed by atoms with E-state index in [0.29, 0.717) is 5.92 Å². The molecule has 0 saturated carbocycles. The van der Waals surface area contributed by atoms with Gasteiger partial charge in [-0.25, -0.2) is 4.98 Å². The fraction of sp³-hybridized carbons (Fsp3) is 0.812. The first-order valence-corrected chi connectivity index (χ1v) is 8.52. The summed E-state index contributed by atoms with van der Waals surface area (Å²) in [5, 5.41) is 4.77. The molecule has 1 fully saturated rings. The van der Waals surface area contributed by atoms with Crippen LogP contribution >= 0.6 is 11.3 Å². The maximum Gasteiger partial charge on any atom is 0.122 e. The van der Waals surface area contributed by atoms with E-state index in [9.17, 15) is 0 Å². The largest absolute Gasteiger partial charge is 0.371 e. The van der Waals surface area contributed by atoms with E-state index in [0.717, 1.165) is 26.0 Å². The first kappa shape index (κ1) is 15.9. The van der Waals surface area contributed by atoms with E-state index in [1.807, 2.05) is 11.3 Å². The Morgan fingerprint density at radius 3 is 2.70 bits per heavy atom. The minimum absolute atomic E-state index is 0.142. The number of thiazole rings is 1. The number of aromatic nitrogens is 1. The van der Waals surface area contributed by atoms with Gasteiger partial charge in [0.05, 0.1) is 5.69 Å². The quantitative estimate of drug-likeness (QED) is 0.889. The first-order chi connectivity index (χ1) is 9.35. The third kappa shape index (κ3) is 4.54. The lowest BCUT2D eigenvalue weighted by molar-refractivity contribution is 0.111. The second kappa shape index (κ2) is 6.54. The maximum absolute atomic E-state index is 5.79. The molecule has 2 rings (SSSR count). The number of ether oxygens (including phenoxy) is 1.